The van der Waals surface area contributed by atoms with E-state index in [1.165, 1.54) is 0 Å². The molecule has 0 unspecified atom stereocenters. The van der Waals surface area contributed by atoms with Gasteiger partial charge in [0.15, 0.2) is 0 Å². The van der Waals surface area contributed by atoms with Crippen LogP contribution in [0.5, 0.6) is 0 Å². The van der Waals surface area contributed by atoms with E-state index in [9.17, 15) is 0 Å². The number of hydrogen-bond donors (Lipinski definition) is 2. The van der Waals surface area contributed by atoms with Gasteiger partial charge in [-0.25, -0.2) is 0 Å². The Morgan fingerprint density at radius 3 is 2.89 bits per heavy atom. The summed E-state index contributed by atoms with van der Waals surface area (Å²) < 4.78 is 15.6. The minimum Gasteiger partial charge on any atom is -0.407 e. The molecule has 0 bridgehead atoms. The molecular formula is C11H22N4O3. The molecule has 1 rings (SSSR count). The molecule has 0 aromatic carbocycles. The zero-order valence-corrected chi connectivity index (χ0v) is 11.1. The van der Waals surface area contributed by atoms with Crippen molar-refractivity contribution in [3.63, 3.8) is 0 Å². The van der Waals surface area contributed by atoms with E-state index in [0.717, 1.165) is 19.5 Å². The lowest BCUT2D eigenvalue weighted by Crippen LogP contribution is -2.11. The summed E-state index contributed by atoms with van der Waals surface area (Å²) in [6, 6.07) is 0.458. The van der Waals surface area contributed by atoms with Crippen LogP contribution in [0.15, 0.2) is 4.42 Å². The normalized spacial score (nSPS) is 10.8. The highest BCUT2D eigenvalue weighted by molar-refractivity contribution is 5.16. The van der Waals surface area contributed by atoms with E-state index in [0.29, 0.717) is 38.3 Å². The van der Waals surface area contributed by atoms with E-state index in [1.807, 2.05) is 6.92 Å². The van der Waals surface area contributed by atoms with Crippen LogP contribution in [0.2, 0.25) is 0 Å². The molecule has 104 valence electrons. The number of methoxy groups -OCH3 is 1. The van der Waals surface area contributed by atoms with Crippen LogP contribution in [0.3, 0.4) is 0 Å². The second-order valence-corrected chi connectivity index (χ2v) is 3.67. The molecule has 0 aliphatic carbocycles. The maximum Gasteiger partial charge on any atom is 0.315 e. The van der Waals surface area contributed by atoms with Crippen molar-refractivity contribution in [2.45, 2.75) is 19.9 Å². The van der Waals surface area contributed by atoms with Crippen molar-refractivity contribution in [2.24, 2.45) is 0 Å². The van der Waals surface area contributed by atoms with Gasteiger partial charge in [0, 0.05) is 20.3 Å². The minimum absolute atomic E-state index is 0.458. The molecule has 18 heavy (non-hydrogen) atoms. The third kappa shape index (κ3) is 6.53. The summed E-state index contributed by atoms with van der Waals surface area (Å²) in [7, 11) is 1.66. The largest absolute Gasteiger partial charge is 0.407 e. The third-order valence-electron chi connectivity index (χ3n) is 2.17. The SMILES string of the molecule is CCNCc1nnc(NCCCOCCOC)o1. The molecule has 0 saturated heterocycles. The molecular weight excluding hydrogens is 236 g/mol. The maximum atomic E-state index is 5.37. The van der Waals surface area contributed by atoms with Gasteiger partial charge in [-0.2, -0.15) is 0 Å². The summed E-state index contributed by atoms with van der Waals surface area (Å²) in [5.74, 6) is 0.593. The predicted octanol–water partition coefficient (Wildman–Crippen LogP) is 0.644. The summed E-state index contributed by atoms with van der Waals surface area (Å²) in [4.78, 5) is 0. The first kappa shape index (κ1) is 14.9. The molecule has 0 amide bonds. The van der Waals surface area contributed by atoms with Gasteiger partial charge >= 0.3 is 6.01 Å². The van der Waals surface area contributed by atoms with Crippen LogP contribution in [0, 0.1) is 0 Å². The molecule has 7 heteroatoms. The van der Waals surface area contributed by atoms with Crippen molar-refractivity contribution < 1.29 is 13.9 Å². The number of nitrogens with zero attached hydrogens (tertiary/aromatic N) is 2. The second-order valence-electron chi connectivity index (χ2n) is 3.67. The highest BCUT2D eigenvalue weighted by atomic mass is 16.5. The molecule has 2 N–H and O–H groups in total. The van der Waals surface area contributed by atoms with Gasteiger partial charge in [0.25, 0.3) is 0 Å². The number of aromatic nitrogens is 2. The molecule has 7 nitrogen and oxygen atoms in total. The Kier molecular flexibility index (Phi) is 8.11. The number of rotatable bonds is 11. The summed E-state index contributed by atoms with van der Waals surface area (Å²) in [5, 5.41) is 14.0. The molecule has 0 aliphatic heterocycles. The van der Waals surface area contributed by atoms with Crippen LogP contribution >= 0.6 is 0 Å². The van der Waals surface area contributed by atoms with Crippen LogP contribution in [-0.4, -0.2) is 50.2 Å². The smallest absolute Gasteiger partial charge is 0.315 e. The van der Waals surface area contributed by atoms with Crippen molar-refractivity contribution in [3.8, 4) is 0 Å². The van der Waals surface area contributed by atoms with Gasteiger partial charge in [-0.05, 0) is 13.0 Å². The van der Waals surface area contributed by atoms with Crippen LogP contribution in [-0.2, 0) is 16.0 Å². The lowest BCUT2D eigenvalue weighted by molar-refractivity contribution is 0.0705. The first-order valence-electron chi connectivity index (χ1n) is 6.20. The lowest BCUT2D eigenvalue weighted by atomic mass is 10.4. The molecule has 0 spiro atoms. The summed E-state index contributed by atoms with van der Waals surface area (Å²) >= 11 is 0. The molecule has 0 fully saturated rings. The van der Waals surface area contributed by atoms with Crippen molar-refractivity contribution in [3.05, 3.63) is 5.89 Å². The van der Waals surface area contributed by atoms with Gasteiger partial charge < -0.3 is 24.5 Å². The van der Waals surface area contributed by atoms with Crippen molar-refractivity contribution >= 4 is 6.01 Å². The molecule has 1 aromatic rings. The van der Waals surface area contributed by atoms with Crippen molar-refractivity contribution in [1.82, 2.24) is 15.5 Å². The van der Waals surface area contributed by atoms with E-state index in [-0.39, 0.29) is 0 Å². The third-order valence-corrected chi connectivity index (χ3v) is 2.17. The molecule has 1 heterocycles. The van der Waals surface area contributed by atoms with E-state index in [4.69, 9.17) is 13.9 Å². The molecule has 0 atom stereocenters. The van der Waals surface area contributed by atoms with Crippen LogP contribution in [0.4, 0.5) is 6.01 Å². The fraction of sp³-hybridized carbons (Fsp3) is 0.818. The maximum absolute atomic E-state index is 5.37. The topological polar surface area (TPSA) is 81.4 Å². The Hall–Kier alpha value is -1.18. The zero-order valence-electron chi connectivity index (χ0n) is 11.1. The number of nitrogens with one attached hydrogen (secondary N) is 2. The highest BCUT2D eigenvalue weighted by Crippen LogP contribution is 2.04. The van der Waals surface area contributed by atoms with E-state index in [2.05, 4.69) is 20.8 Å². The van der Waals surface area contributed by atoms with E-state index in [1.54, 1.807) is 7.11 Å². The number of ether oxygens (including phenoxy) is 2. The predicted molar refractivity (Wildman–Crippen MR) is 67.5 cm³/mol. The van der Waals surface area contributed by atoms with Gasteiger partial charge in [0.1, 0.15) is 0 Å². The van der Waals surface area contributed by atoms with Gasteiger partial charge in [-0.1, -0.05) is 12.0 Å². The second kappa shape index (κ2) is 9.81. The average Bonchev–Trinajstić information content (AvgIpc) is 2.83. The van der Waals surface area contributed by atoms with E-state index >= 15 is 0 Å². The van der Waals surface area contributed by atoms with Crippen molar-refractivity contribution in [2.75, 3.05) is 45.3 Å². The minimum atomic E-state index is 0.458. The Bertz CT molecular complexity index is 306. The van der Waals surface area contributed by atoms with Gasteiger partial charge in [-0.15, -0.1) is 5.10 Å². The first-order valence-corrected chi connectivity index (χ1v) is 6.20. The zero-order chi connectivity index (χ0) is 13.1. The van der Waals surface area contributed by atoms with Gasteiger partial charge in [0.2, 0.25) is 5.89 Å². The summed E-state index contributed by atoms with van der Waals surface area (Å²) in [5.41, 5.74) is 0. The lowest BCUT2D eigenvalue weighted by Gasteiger charge is -2.03. The van der Waals surface area contributed by atoms with Crippen LogP contribution in [0.1, 0.15) is 19.2 Å². The Labute approximate surface area is 107 Å². The van der Waals surface area contributed by atoms with Crippen LogP contribution < -0.4 is 10.6 Å². The fourth-order valence-corrected chi connectivity index (χ4v) is 1.24. The molecule has 0 radical (unpaired) electrons. The number of hydrogen-bond acceptors (Lipinski definition) is 7. The standard InChI is InChI=1S/C11H22N4O3/c1-3-12-9-10-14-15-11(18-10)13-5-4-6-17-8-7-16-2/h12H,3-9H2,1-2H3,(H,13,15). The van der Waals surface area contributed by atoms with Crippen LogP contribution in [0.25, 0.3) is 0 Å². The average molecular weight is 258 g/mol. The highest BCUT2D eigenvalue weighted by Gasteiger charge is 2.03. The summed E-state index contributed by atoms with van der Waals surface area (Å²) in [6.45, 7) is 6.20. The van der Waals surface area contributed by atoms with Gasteiger partial charge in [-0.3, -0.25) is 0 Å². The fourth-order valence-electron chi connectivity index (χ4n) is 1.24. The Balaban J connectivity index is 2.03. The molecule has 0 aliphatic rings. The Morgan fingerprint density at radius 1 is 1.22 bits per heavy atom. The first-order chi connectivity index (χ1) is 8.86. The quantitative estimate of drug-likeness (QED) is 0.564. The van der Waals surface area contributed by atoms with E-state index < -0.39 is 0 Å². The van der Waals surface area contributed by atoms with Gasteiger partial charge in [0.05, 0.1) is 19.8 Å². The Morgan fingerprint density at radius 2 is 2.11 bits per heavy atom. The monoisotopic (exact) mass is 258 g/mol. The number of anilines is 1. The van der Waals surface area contributed by atoms with Crippen molar-refractivity contribution in [1.29, 1.82) is 0 Å². The molecule has 1 aromatic heterocycles. The molecule has 0 saturated carbocycles. The summed E-state index contributed by atoms with van der Waals surface area (Å²) in [6.07, 6.45) is 0.884.